The summed E-state index contributed by atoms with van der Waals surface area (Å²) in [5.41, 5.74) is 3.97. The number of rotatable bonds is 13. The molecule has 2 saturated heterocycles. The molecule has 36 heavy (non-hydrogen) atoms. The number of epoxide rings is 2. The van der Waals surface area contributed by atoms with Crippen LogP contribution in [-0.2, 0) is 14.9 Å². The van der Waals surface area contributed by atoms with Gasteiger partial charge in [-0.15, -0.1) is 0 Å². The molecule has 2 aliphatic heterocycles. The van der Waals surface area contributed by atoms with E-state index in [-0.39, 0.29) is 29.5 Å². The van der Waals surface area contributed by atoms with E-state index in [1.807, 2.05) is 0 Å². The first kappa shape index (κ1) is 25.1. The maximum atomic E-state index is 6.24. The van der Waals surface area contributed by atoms with Crippen molar-refractivity contribution in [3.63, 3.8) is 0 Å². The summed E-state index contributed by atoms with van der Waals surface area (Å²) in [5, 5.41) is 0. The van der Waals surface area contributed by atoms with Crippen molar-refractivity contribution in [2.24, 2.45) is 0 Å². The van der Waals surface area contributed by atoms with Crippen LogP contribution >= 0.6 is 0 Å². The van der Waals surface area contributed by atoms with Crippen LogP contribution in [0.25, 0.3) is 0 Å². The molecule has 2 fully saturated rings. The third kappa shape index (κ3) is 6.60. The Balaban J connectivity index is 1.27. The molecule has 0 aromatic heterocycles. The first-order valence-electron chi connectivity index (χ1n) is 13.6. The monoisotopic (exact) mass is 488 g/mol. The predicted molar refractivity (Wildman–Crippen MR) is 144 cm³/mol. The average molecular weight is 489 g/mol. The highest BCUT2D eigenvalue weighted by Gasteiger charge is 2.28. The van der Waals surface area contributed by atoms with Crippen LogP contribution in [0, 0.1) is 0 Å². The molecular formula is C32H40O4. The van der Waals surface area contributed by atoms with E-state index in [9.17, 15) is 0 Å². The lowest BCUT2D eigenvalue weighted by molar-refractivity contribution is 0.256. The highest BCUT2D eigenvalue weighted by molar-refractivity contribution is 5.47. The topological polar surface area (TPSA) is 43.5 Å². The van der Waals surface area contributed by atoms with Crippen LogP contribution in [0.1, 0.15) is 75.0 Å². The molecule has 2 unspecified atom stereocenters. The van der Waals surface area contributed by atoms with Gasteiger partial charge in [0.2, 0.25) is 0 Å². The molecule has 5 rings (SSSR count). The van der Waals surface area contributed by atoms with Gasteiger partial charge >= 0.3 is 0 Å². The van der Waals surface area contributed by atoms with Crippen LogP contribution in [-0.4, -0.2) is 38.6 Å². The highest BCUT2D eigenvalue weighted by atomic mass is 16.6. The van der Waals surface area contributed by atoms with E-state index in [0.29, 0.717) is 13.2 Å². The van der Waals surface area contributed by atoms with Gasteiger partial charge in [0.1, 0.15) is 36.9 Å². The third-order valence-electron chi connectivity index (χ3n) is 7.50. The van der Waals surface area contributed by atoms with Crippen molar-refractivity contribution in [1.29, 1.82) is 0 Å². The molecule has 2 heterocycles. The molecule has 0 amide bonds. The van der Waals surface area contributed by atoms with Crippen LogP contribution in [0.2, 0.25) is 0 Å². The smallest absolute Gasteiger partial charge is 0.123 e. The zero-order valence-corrected chi connectivity index (χ0v) is 22.0. The summed E-state index contributed by atoms with van der Waals surface area (Å²) in [6, 6.07) is 15.2. The van der Waals surface area contributed by atoms with Gasteiger partial charge in [-0.3, -0.25) is 0 Å². The molecule has 4 nitrogen and oxygen atoms in total. The quantitative estimate of drug-likeness (QED) is 0.171. The summed E-state index contributed by atoms with van der Waals surface area (Å²) < 4.78 is 22.6. The third-order valence-corrected chi connectivity index (χ3v) is 7.50. The molecule has 0 radical (unpaired) electrons. The normalized spacial score (nSPS) is 24.5. The molecular weight excluding hydrogens is 448 g/mol. The minimum atomic E-state index is 0.0605. The molecule has 2 atom stereocenters. The van der Waals surface area contributed by atoms with Gasteiger partial charge < -0.3 is 18.9 Å². The highest BCUT2D eigenvalue weighted by Crippen LogP contribution is 2.39. The van der Waals surface area contributed by atoms with Crippen LogP contribution in [0.15, 0.2) is 66.8 Å². The Labute approximate surface area is 216 Å². The van der Waals surface area contributed by atoms with Crippen molar-refractivity contribution >= 4 is 0 Å². The van der Waals surface area contributed by atoms with Gasteiger partial charge in [-0.1, -0.05) is 88.6 Å². The fraction of sp³-hybridized carbons (Fsp3) is 0.500. The Morgan fingerprint density at radius 2 is 1.36 bits per heavy atom. The molecule has 0 spiro atoms. The lowest BCUT2D eigenvalue weighted by Crippen LogP contribution is -2.20. The minimum Gasteiger partial charge on any atom is -0.491 e. The molecule has 4 heteroatoms. The number of allylic oxidation sites excluding steroid dienone is 4. The van der Waals surface area contributed by atoms with Crippen LogP contribution in [0.5, 0.6) is 11.5 Å². The Morgan fingerprint density at radius 3 is 1.97 bits per heavy atom. The van der Waals surface area contributed by atoms with Gasteiger partial charge in [-0.2, -0.15) is 0 Å². The first-order chi connectivity index (χ1) is 17.5. The fourth-order valence-corrected chi connectivity index (χ4v) is 4.90. The van der Waals surface area contributed by atoms with E-state index in [4.69, 9.17) is 18.9 Å². The number of ether oxygens (including phenoxy) is 4. The molecule has 2 aromatic carbocycles. The summed E-state index contributed by atoms with van der Waals surface area (Å²) in [6.07, 6.45) is 14.8. The van der Waals surface area contributed by atoms with Crippen LogP contribution in [0.4, 0.5) is 0 Å². The SMILES string of the molecule is CCCCCC(C)(C)c1cc(C2C=CC(c3ccc(OCC4CO4)cc3)C=C2)ccc1OCC1CO1. The fourth-order valence-electron chi connectivity index (χ4n) is 4.90. The number of hydrogen-bond donors (Lipinski definition) is 0. The maximum absolute atomic E-state index is 6.24. The van der Waals surface area contributed by atoms with Gasteiger partial charge in [0, 0.05) is 17.4 Å². The maximum Gasteiger partial charge on any atom is 0.123 e. The lowest BCUT2D eigenvalue weighted by Gasteiger charge is -2.29. The van der Waals surface area contributed by atoms with E-state index in [2.05, 4.69) is 87.5 Å². The van der Waals surface area contributed by atoms with E-state index < -0.39 is 0 Å². The Bertz CT molecular complexity index is 1050. The van der Waals surface area contributed by atoms with E-state index >= 15 is 0 Å². The second-order valence-electron chi connectivity index (χ2n) is 11.0. The number of benzene rings is 2. The van der Waals surface area contributed by atoms with Crippen molar-refractivity contribution in [3.8, 4) is 11.5 Å². The van der Waals surface area contributed by atoms with E-state index in [0.717, 1.165) is 31.1 Å². The minimum absolute atomic E-state index is 0.0605. The summed E-state index contributed by atoms with van der Waals surface area (Å²) >= 11 is 0. The lowest BCUT2D eigenvalue weighted by atomic mass is 9.77. The van der Waals surface area contributed by atoms with Gasteiger partial charge in [0.15, 0.2) is 0 Å². The standard InChI is InChI=1S/C32H40O4/c1-4-5-6-17-32(2,3)30-18-26(13-16-31(30)36-22-29-21-35-29)25-9-7-23(8-10-25)24-11-14-27(15-12-24)33-19-28-20-34-28/h7-16,18,23,25,28-29H,4-6,17,19-22H2,1-3H3. The van der Waals surface area contributed by atoms with E-state index in [1.54, 1.807) is 0 Å². The summed E-state index contributed by atoms with van der Waals surface area (Å²) in [6.45, 7) is 9.89. The number of hydrogen-bond acceptors (Lipinski definition) is 4. The molecule has 2 aromatic rings. The largest absolute Gasteiger partial charge is 0.491 e. The second kappa shape index (κ2) is 11.2. The van der Waals surface area contributed by atoms with Gasteiger partial charge in [-0.25, -0.2) is 0 Å². The van der Waals surface area contributed by atoms with Crippen molar-refractivity contribution < 1.29 is 18.9 Å². The average Bonchev–Trinajstić information content (AvgIpc) is 3.82. The van der Waals surface area contributed by atoms with Crippen molar-refractivity contribution in [2.45, 2.75) is 75.9 Å². The molecule has 0 saturated carbocycles. The molecule has 3 aliphatic rings. The Hall–Kier alpha value is -2.56. The van der Waals surface area contributed by atoms with Crippen molar-refractivity contribution in [3.05, 3.63) is 83.5 Å². The van der Waals surface area contributed by atoms with Crippen molar-refractivity contribution in [1.82, 2.24) is 0 Å². The predicted octanol–water partition coefficient (Wildman–Crippen LogP) is 7.09. The molecule has 0 N–H and O–H groups in total. The molecule has 0 bridgehead atoms. The first-order valence-corrected chi connectivity index (χ1v) is 13.6. The number of unbranched alkanes of at least 4 members (excludes halogenated alkanes) is 2. The van der Waals surface area contributed by atoms with Crippen LogP contribution < -0.4 is 9.47 Å². The summed E-state index contributed by atoms with van der Waals surface area (Å²) in [5.74, 6) is 2.47. The van der Waals surface area contributed by atoms with Gasteiger partial charge in [0.05, 0.1) is 13.2 Å². The van der Waals surface area contributed by atoms with E-state index in [1.165, 1.54) is 36.0 Å². The molecule has 192 valence electrons. The zero-order valence-electron chi connectivity index (χ0n) is 22.0. The Kier molecular flexibility index (Phi) is 7.83. The zero-order chi connectivity index (χ0) is 25.0. The summed E-state index contributed by atoms with van der Waals surface area (Å²) in [4.78, 5) is 0. The summed E-state index contributed by atoms with van der Waals surface area (Å²) in [7, 11) is 0. The second-order valence-corrected chi connectivity index (χ2v) is 11.0. The van der Waals surface area contributed by atoms with Crippen molar-refractivity contribution in [2.75, 3.05) is 26.4 Å². The molecule has 1 aliphatic carbocycles. The van der Waals surface area contributed by atoms with Crippen LogP contribution in [0.3, 0.4) is 0 Å². The van der Waals surface area contributed by atoms with Gasteiger partial charge in [-0.05, 0) is 41.2 Å². The Morgan fingerprint density at radius 1 is 0.778 bits per heavy atom. The van der Waals surface area contributed by atoms with Gasteiger partial charge in [0.25, 0.3) is 0 Å².